The number of carboxylic acid groups (broad SMARTS) is 1. The minimum atomic E-state index is -0.933. The maximum Gasteiger partial charge on any atom is 0.407 e. The number of amides is 1. The summed E-state index contributed by atoms with van der Waals surface area (Å²) in [4.78, 5) is 22.5. The Morgan fingerprint density at radius 2 is 1.83 bits per heavy atom. The Morgan fingerprint density at radius 3 is 2.30 bits per heavy atom. The van der Waals surface area contributed by atoms with Crippen LogP contribution in [0.15, 0.2) is 24.3 Å². The third-order valence-corrected chi connectivity index (χ3v) is 3.13. The summed E-state index contributed by atoms with van der Waals surface area (Å²) >= 11 is 0. The van der Waals surface area contributed by atoms with Gasteiger partial charge in [0, 0.05) is 19.1 Å². The third kappa shape index (κ3) is 7.65. The van der Waals surface area contributed by atoms with E-state index in [2.05, 4.69) is 10.6 Å². The van der Waals surface area contributed by atoms with E-state index in [1.165, 1.54) is 0 Å². The lowest BCUT2D eigenvalue weighted by atomic mass is 10.1. The number of carbonyl (C=O) groups is 2. The Morgan fingerprint density at radius 1 is 1.22 bits per heavy atom. The van der Waals surface area contributed by atoms with Crippen LogP contribution in [-0.2, 0) is 11.3 Å². The summed E-state index contributed by atoms with van der Waals surface area (Å²) < 4.78 is 5.24. The quantitative estimate of drug-likeness (QED) is 0.718. The van der Waals surface area contributed by atoms with Gasteiger partial charge in [-0.25, -0.2) is 9.59 Å². The molecule has 23 heavy (non-hydrogen) atoms. The molecule has 0 aliphatic carbocycles. The van der Waals surface area contributed by atoms with E-state index in [0.29, 0.717) is 13.1 Å². The minimum absolute atomic E-state index is 0.0249. The molecule has 0 fully saturated rings. The fourth-order valence-electron chi connectivity index (χ4n) is 1.93. The van der Waals surface area contributed by atoms with E-state index in [4.69, 9.17) is 9.84 Å². The van der Waals surface area contributed by atoms with Crippen LogP contribution in [0.2, 0.25) is 0 Å². The number of carbonyl (C=O) groups excluding carboxylic acids is 1. The molecule has 3 N–H and O–H groups in total. The molecule has 0 saturated carbocycles. The summed E-state index contributed by atoms with van der Waals surface area (Å²) in [6.45, 7) is 8.68. The van der Waals surface area contributed by atoms with E-state index in [1.54, 1.807) is 24.3 Å². The Bertz CT molecular complexity index is 520. The van der Waals surface area contributed by atoms with Crippen molar-refractivity contribution in [2.45, 2.75) is 52.3 Å². The van der Waals surface area contributed by atoms with Crippen LogP contribution in [0.1, 0.15) is 50.0 Å². The number of ether oxygens (including phenoxy) is 1. The topological polar surface area (TPSA) is 87.7 Å². The maximum absolute atomic E-state index is 11.7. The Kier molecular flexibility index (Phi) is 7.03. The van der Waals surface area contributed by atoms with Crippen LogP contribution < -0.4 is 10.6 Å². The highest BCUT2D eigenvalue weighted by atomic mass is 16.6. The van der Waals surface area contributed by atoms with Gasteiger partial charge in [-0.05, 0) is 44.9 Å². The Hall–Kier alpha value is -2.08. The number of aromatic carboxylic acids is 1. The second kappa shape index (κ2) is 8.53. The smallest absolute Gasteiger partial charge is 0.407 e. The lowest BCUT2D eigenvalue weighted by molar-refractivity contribution is 0.0502. The Labute approximate surface area is 137 Å². The summed E-state index contributed by atoms with van der Waals surface area (Å²) in [6.07, 6.45) is 0.362. The molecule has 128 valence electrons. The van der Waals surface area contributed by atoms with Gasteiger partial charge in [0.05, 0.1) is 5.56 Å². The SMILES string of the molecule is CCC(CNCc1ccc(C(=O)O)cc1)NC(=O)OC(C)(C)C. The van der Waals surface area contributed by atoms with Gasteiger partial charge in [-0.2, -0.15) is 0 Å². The van der Waals surface area contributed by atoms with Crippen molar-refractivity contribution in [3.05, 3.63) is 35.4 Å². The number of benzene rings is 1. The molecule has 1 amide bonds. The second-order valence-electron chi connectivity index (χ2n) is 6.38. The van der Waals surface area contributed by atoms with Gasteiger partial charge in [-0.1, -0.05) is 19.1 Å². The van der Waals surface area contributed by atoms with E-state index in [9.17, 15) is 9.59 Å². The third-order valence-electron chi connectivity index (χ3n) is 3.13. The van der Waals surface area contributed by atoms with Crippen LogP contribution in [0.4, 0.5) is 4.79 Å². The zero-order valence-electron chi connectivity index (χ0n) is 14.2. The maximum atomic E-state index is 11.7. The standard InChI is InChI=1S/C17H26N2O4/c1-5-14(19-16(22)23-17(2,3)4)11-18-10-12-6-8-13(9-7-12)15(20)21/h6-9,14,18H,5,10-11H2,1-4H3,(H,19,22)(H,20,21). The summed E-state index contributed by atoms with van der Waals surface area (Å²) in [7, 11) is 0. The minimum Gasteiger partial charge on any atom is -0.478 e. The van der Waals surface area contributed by atoms with Crippen LogP contribution in [0.3, 0.4) is 0 Å². The fourth-order valence-corrected chi connectivity index (χ4v) is 1.93. The van der Waals surface area contributed by atoms with Gasteiger partial charge >= 0.3 is 12.1 Å². The van der Waals surface area contributed by atoms with E-state index in [1.807, 2.05) is 27.7 Å². The van der Waals surface area contributed by atoms with Gasteiger partial charge < -0.3 is 20.5 Å². The monoisotopic (exact) mass is 322 g/mol. The first-order valence-electron chi connectivity index (χ1n) is 7.73. The van der Waals surface area contributed by atoms with Gasteiger partial charge in [-0.15, -0.1) is 0 Å². The number of hydrogen-bond donors (Lipinski definition) is 3. The molecule has 1 aromatic rings. The van der Waals surface area contributed by atoms with E-state index in [-0.39, 0.29) is 11.6 Å². The van der Waals surface area contributed by atoms with Gasteiger partial charge in [0.25, 0.3) is 0 Å². The molecule has 1 unspecified atom stereocenters. The van der Waals surface area contributed by atoms with Crippen molar-refractivity contribution >= 4 is 12.1 Å². The molecular formula is C17H26N2O4. The molecule has 0 bridgehead atoms. The lowest BCUT2D eigenvalue weighted by Gasteiger charge is -2.23. The fraction of sp³-hybridized carbons (Fsp3) is 0.529. The van der Waals surface area contributed by atoms with Crippen molar-refractivity contribution in [3.63, 3.8) is 0 Å². The number of hydrogen-bond acceptors (Lipinski definition) is 4. The highest BCUT2D eigenvalue weighted by Crippen LogP contribution is 2.07. The van der Waals surface area contributed by atoms with Crippen molar-refractivity contribution in [1.82, 2.24) is 10.6 Å². The number of nitrogens with one attached hydrogen (secondary N) is 2. The number of carboxylic acids is 1. The van der Waals surface area contributed by atoms with E-state index >= 15 is 0 Å². The molecule has 1 rings (SSSR count). The molecule has 0 aliphatic rings. The first kappa shape index (κ1) is 19.0. The summed E-state index contributed by atoms with van der Waals surface area (Å²) in [5.41, 5.74) is 0.746. The molecule has 0 aliphatic heterocycles. The van der Waals surface area contributed by atoms with Crippen LogP contribution >= 0.6 is 0 Å². The average molecular weight is 322 g/mol. The molecule has 0 spiro atoms. The van der Waals surface area contributed by atoms with Gasteiger partial charge in [0.1, 0.15) is 5.60 Å². The van der Waals surface area contributed by atoms with Crippen molar-refractivity contribution in [3.8, 4) is 0 Å². The molecule has 0 saturated heterocycles. The molecular weight excluding hydrogens is 296 g/mol. The summed E-state index contributed by atoms with van der Waals surface area (Å²) in [5.74, 6) is -0.933. The average Bonchev–Trinajstić information content (AvgIpc) is 2.44. The lowest BCUT2D eigenvalue weighted by Crippen LogP contribution is -2.43. The number of rotatable bonds is 7. The molecule has 6 nitrogen and oxygen atoms in total. The van der Waals surface area contributed by atoms with Crippen LogP contribution in [0, 0.1) is 0 Å². The van der Waals surface area contributed by atoms with Crippen molar-refractivity contribution < 1.29 is 19.4 Å². The predicted octanol–water partition coefficient (Wildman–Crippen LogP) is 2.78. The van der Waals surface area contributed by atoms with Gasteiger partial charge in [0.2, 0.25) is 0 Å². The van der Waals surface area contributed by atoms with Crippen LogP contribution in [0.25, 0.3) is 0 Å². The molecule has 1 atom stereocenters. The normalized spacial score (nSPS) is 12.5. The molecule has 0 aromatic heterocycles. The van der Waals surface area contributed by atoms with Gasteiger partial charge in [-0.3, -0.25) is 0 Å². The summed E-state index contributed by atoms with van der Waals surface area (Å²) in [5, 5.41) is 14.9. The predicted molar refractivity (Wildman–Crippen MR) is 88.6 cm³/mol. The zero-order chi connectivity index (χ0) is 17.5. The van der Waals surface area contributed by atoms with Crippen LogP contribution in [0.5, 0.6) is 0 Å². The van der Waals surface area contributed by atoms with Crippen molar-refractivity contribution in [1.29, 1.82) is 0 Å². The van der Waals surface area contributed by atoms with E-state index in [0.717, 1.165) is 12.0 Å². The zero-order valence-corrected chi connectivity index (χ0v) is 14.2. The number of alkyl carbamates (subject to hydrolysis) is 1. The molecule has 1 aromatic carbocycles. The van der Waals surface area contributed by atoms with Crippen molar-refractivity contribution in [2.24, 2.45) is 0 Å². The van der Waals surface area contributed by atoms with Gasteiger partial charge in [0.15, 0.2) is 0 Å². The highest BCUT2D eigenvalue weighted by molar-refractivity contribution is 5.87. The molecule has 6 heteroatoms. The van der Waals surface area contributed by atoms with Crippen LogP contribution in [-0.4, -0.2) is 35.4 Å². The second-order valence-corrected chi connectivity index (χ2v) is 6.38. The highest BCUT2D eigenvalue weighted by Gasteiger charge is 2.18. The molecule has 0 radical (unpaired) electrons. The van der Waals surface area contributed by atoms with Crippen molar-refractivity contribution in [2.75, 3.05) is 6.54 Å². The Balaban J connectivity index is 2.39. The summed E-state index contributed by atoms with van der Waals surface area (Å²) in [6, 6.07) is 6.69. The first-order valence-corrected chi connectivity index (χ1v) is 7.73. The molecule has 0 heterocycles. The van der Waals surface area contributed by atoms with E-state index < -0.39 is 17.7 Å². The largest absolute Gasteiger partial charge is 0.478 e. The first-order chi connectivity index (χ1) is 10.7.